The van der Waals surface area contributed by atoms with Gasteiger partial charge < -0.3 is 4.42 Å². The van der Waals surface area contributed by atoms with Crippen LogP contribution in [0.3, 0.4) is 0 Å². The number of hydrogen-bond acceptors (Lipinski definition) is 2. The monoisotopic (exact) mass is 313 g/mol. The summed E-state index contributed by atoms with van der Waals surface area (Å²) in [5.41, 5.74) is 7.05. The highest BCUT2D eigenvalue weighted by Crippen LogP contribution is 2.34. The van der Waals surface area contributed by atoms with Crippen molar-refractivity contribution in [1.82, 2.24) is 0 Å². The molecule has 0 N–H and O–H groups in total. The first kappa shape index (κ1) is 14.5. The van der Waals surface area contributed by atoms with Gasteiger partial charge in [-0.3, -0.25) is 0 Å². The Labute approximate surface area is 140 Å². The molecule has 0 bridgehead atoms. The summed E-state index contributed by atoms with van der Waals surface area (Å²) < 4.78 is 8.10. The number of pyridine rings is 1. The van der Waals surface area contributed by atoms with Crippen LogP contribution in [0.25, 0.3) is 33.2 Å². The van der Waals surface area contributed by atoms with Crippen LogP contribution in [0.4, 0.5) is 0 Å². The predicted molar refractivity (Wildman–Crippen MR) is 94.5 cm³/mol. The van der Waals surface area contributed by atoms with E-state index in [0.717, 1.165) is 27.6 Å². The Balaban J connectivity index is 2.05. The summed E-state index contributed by atoms with van der Waals surface area (Å²) >= 11 is 0. The number of nitrogens with zero attached hydrogens (tertiary/aromatic N) is 2. The van der Waals surface area contributed by atoms with E-state index in [1.807, 2.05) is 12.1 Å². The molecule has 3 nitrogen and oxygen atoms in total. The molecule has 24 heavy (non-hydrogen) atoms. The molecular weight excluding hydrogens is 296 g/mol. The van der Waals surface area contributed by atoms with E-state index in [1.165, 1.54) is 16.7 Å². The minimum absolute atomic E-state index is 0.646. The minimum Gasteiger partial charge on any atom is -0.456 e. The molecule has 0 aliphatic carbocycles. The normalized spacial score (nSPS) is 11.1. The standard InChI is InChI=1S/C21H17N2O/c1-13-4-6-19(23(3)12-13)16-10-18-17-9-15(11-22)5-7-20(17)24-21(18)8-14(16)2/h4-10,12H,1-3H3/q+1. The topological polar surface area (TPSA) is 40.8 Å². The van der Waals surface area contributed by atoms with Gasteiger partial charge in [-0.2, -0.15) is 5.26 Å². The number of rotatable bonds is 1. The molecule has 0 aliphatic rings. The molecule has 0 atom stereocenters. The van der Waals surface area contributed by atoms with E-state index >= 15 is 0 Å². The fraction of sp³-hybridized carbons (Fsp3) is 0.143. The van der Waals surface area contributed by atoms with Gasteiger partial charge in [-0.15, -0.1) is 0 Å². The lowest BCUT2D eigenvalue weighted by molar-refractivity contribution is -0.660. The van der Waals surface area contributed by atoms with Crippen LogP contribution in [0.2, 0.25) is 0 Å². The highest BCUT2D eigenvalue weighted by molar-refractivity contribution is 6.07. The third kappa shape index (κ3) is 2.16. The molecule has 2 heterocycles. The summed E-state index contributed by atoms with van der Waals surface area (Å²) in [6, 6.07) is 16.3. The van der Waals surface area contributed by atoms with Gasteiger partial charge in [0.1, 0.15) is 18.2 Å². The van der Waals surface area contributed by atoms with Gasteiger partial charge in [-0.1, -0.05) is 0 Å². The molecule has 2 aromatic carbocycles. The first-order chi connectivity index (χ1) is 11.6. The van der Waals surface area contributed by atoms with Crippen LogP contribution in [0.5, 0.6) is 0 Å². The summed E-state index contributed by atoms with van der Waals surface area (Å²) in [7, 11) is 2.06. The number of nitriles is 1. The van der Waals surface area contributed by atoms with E-state index in [4.69, 9.17) is 9.68 Å². The maximum absolute atomic E-state index is 9.16. The Bertz CT molecular complexity index is 1150. The number of aromatic nitrogens is 1. The van der Waals surface area contributed by atoms with Crippen LogP contribution in [0, 0.1) is 25.2 Å². The average molecular weight is 313 g/mol. The molecule has 4 aromatic rings. The Morgan fingerprint density at radius 1 is 0.958 bits per heavy atom. The molecule has 0 radical (unpaired) electrons. The third-order valence-electron chi connectivity index (χ3n) is 4.50. The Hall–Kier alpha value is -3.12. The van der Waals surface area contributed by atoms with Crippen molar-refractivity contribution in [3.63, 3.8) is 0 Å². The number of furan rings is 1. The van der Waals surface area contributed by atoms with E-state index in [-0.39, 0.29) is 0 Å². The maximum atomic E-state index is 9.16. The lowest BCUT2D eigenvalue weighted by Gasteiger charge is -2.05. The zero-order chi connectivity index (χ0) is 16.8. The molecule has 0 aliphatic heterocycles. The second-order valence-electron chi connectivity index (χ2n) is 6.29. The van der Waals surface area contributed by atoms with Crippen LogP contribution in [0.15, 0.2) is 53.1 Å². The smallest absolute Gasteiger partial charge is 0.212 e. The second-order valence-corrected chi connectivity index (χ2v) is 6.29. The quantitative estimate of drug-likeness (QED) is 0.483. The summed E-state index contributed by atoms with van der Waals surface area (Å²) in [4.78, 5) is 0. The van der Waals surface area contributed by atoms with E-state index in [0.29, 0.717) is 5.56 Å². The molecule has 0 fully saturated rings. The van der Waals surface area contributed by atoms with Crippen molar-refractivity contribution in [3.8, 4) is 17.3 Å². The molecule has 116 valence electrons. The molecule has 0 saturated heterocycles. The Kier molecular flexibility index (Phi) is 3.14. The van der Waals surface area contributed by atoms with Gasteiger partial charge in [-0.25, -0.2) is 4.57 Å². The fourth-order valence-electron chi connectivity index (χ4n) is 3.30. The molecule has 4 rings (SSSR count). The molecule has 2 aromatic heterocycles. The first-order valence-corrected chi connectivity index (χ1v) is 7.90. The summed E-state index contributed by atoms with van der Waals surface area (Å²) in [6.07, 6.45) is 2.13. The third-order valence-corrected chi connectivity index (χ3v) is 4.50. The van der Waals surface area contributed by atoms with Crippen molar-refractivity contribution in [3.05, 3.63) is 65.4 Å². The summed E-state index contributed by atoms with van der Waals surface area (Å²) in [5, 5.41) is 11.2. The van der Waals surface area contributed by atoms with Crippen LogP contribution in [-0.4, -0.2) is 0 Å². The van der Waals surface area contributed by atoms with Gasteiger partial charge in [-0.05, 0) is 55.8 Å². The number of fused-ring (bicyclic) bond motifs is 3. The van der Waals surface area contributed by atoms with Gasteiger partial charge in [0.05, 0.1) is 11.6 Å². The minimum atomic E-state index is 0.646. The maximum Gasteiger partial charge on any atom is 0.212 e. The largest absolute Gasteiger partial charge is 0.456 e. The highest BCUT2D eigenvalue weighted by Gasteiger charge is 2.16. The summed E-state index contributed by atoms with van der Waals surface area (Å²) in [6.45, 7) is 4.19. The zero-order valence-electron chi connectivity index (χ0n) is 13.9. The average Bonchev–Trinajstić information content (AvgIpc) is 2.90. The first-order valence-electron chi connectivity index (χ1n) is 7.90. The van der Waals surface area contributed by atoms with Crippen LogP contribution in [0.1, 0.15) is 16.7 Å². The van der Waals surface area contributed by atoms with Crippen molar-refractivity contribution in [2.24, 2.45) is 7.05 Å². The zero-order valence-corrected chi connectivity index (χ0v) is 13.9. The van der Waals surface area contributed by atoms with Gasteiger partial charge in [0, 0.05) is 28.0 Å². The van der Waals surface area contributed by atoms with Crippen LogP contribution >= 0.6 is 0 Å². The molecule has 0 spiro atoms. The second kappa shape index (κ2) is 5.21. The number of hydrogen-bond donors (Lipinski definition) is 0. The fourth-order valence-corrected chi connectivity index (χ4v) is 3.30. The van der Waals surface area contributed by atoms with Gasteiger partial charge in [0.25, 0.3) is 0 Å². The van der Waals surface area contributed by atoms with E-state index in [1.54, 1.807) is 6.07 Å². The van der Waals surface area contributed by atoms with Crippen molar-refractivity contribution < 1.29 is 8.98 Å². The van der Waals surface area contributed by atoms with Crippen molar-refractivity contribution in [1.29, 1.82) is 5.26 Å². The van der Waals surface area contributed by atoms with Crippen molar-refractivity contribution >= 4 is 21.9 Å². The van der Waals surface area contributed by atoms with Crippen LogP contribution < -0.4 is 4.57 Å². The molecule has 0 saturated carbocycles. The molecule has 0 amide bonds. The Morgan fingerprint density at radius 3 is 2.50 bits per heavy atom. The van der Waals surface area contributed by atoms with E-state index < -0.39 is 0 Å². The van der Waals surface area contributed by atoms with Gasteiger partial charge in [0.15, 0.2) is 6.20 Å². The summed E-state index contributed by atoms with van der Waals surface area (Å²) in [5.74, 6) is 0. The van der Waals surface area contributed by atoms with Crippen molar-refractivity contribution in [2.75, 3.05) is 0 Å². The molecule has 0 unspecified atom stereocenters. The highest BCUT2D eigenvalue weighted by atomic mass is 16.3. The SMILES string of the molecule is Cc1ccc(-c2cc3c(cc2C)oc2ccc(C#N)cc23)[n+](C)c1. The van der Waals surface area contributed by atoms with Gasteiger partial charge >= 0.3 is 0 Å². The van der Waals surface area contributed by atoms with Crippen LogP contribution in [-0.2, 0) is 7.05 Å². The predicted octanol–water partition coefficient (Wildman–Crippen LogP) is 4.57. The lowest BCUT2D eigenvalue weighted by atomic mass is 10.0. The number of aryl methyl sites for hydroxylation is 3. The molecular formula is C21H17N2O+. The number of benzene rings is 2. The van der Waals surface area contributed by atoms with Crippen molar-refractivity contribution in [2.45, 2.75) is 13.8 Å². The Morgan fingerprint density at radius 2 is 1.75 bits per heavy atom. The van der Waals surface area contributed by atoms with Gasteiger partial charge in [0.2, 0.25) is 5.69 Å². The van der Waals surface area contributed by atoms with E-state index in [2.05, 4.69) is 62.0 Å². The lowest BCUT2D eigenvalue weighted by Crippen LogP contribution is -2.31. The van der Waals surface area contributed by atoms with E-state index in [9.17, 15) is 0 Å². The molecule has 3 heteroatoms.